The number of furan rings is 1. The lowest BCUT2D eigenvalue weighted by Gasteiger charge is -2.04. The van der Waals surface area contributed by atoms with Crippen molar-refractivity contribution in [3.05, 3.63) is 70.9 Å². The molecule has 0 aliphatic carbocycles. The number of carbonyl (C=O) groups excluding carboxylic acids is 1. The van der Waals surface area contributed by atoms with Gasteiger partial charge in [0.15, 0.2) is 16.1 Å². The Kier molecular flexibility index (Phi) is 3.85. The molecule has 6 nitrogen and oxygen atoms in total. The molecule has 4 aromatic rings. The molecule has 0 aliphatic heterocycles. The Hall–Kier alpha value is -2.93. The smallest absolute Gasteiger partial charge is 0.291 e. The zero-order valence-electron chi connectivity index (χ0n) is 13.2. The molecule has 0 saturated heterocycles. The number of amides is 1. The highest BCUT2D eigenvalue weighted by atomic mass is 79.9. The van der Waals surface area contributed by atoms with Crippen LogP contribution in [0.2, 0.25) is 0 Å². The number of hydrogen-bond acceptors (Lipinski definition) is 4. The number of benzene rings is 1. The van der Waals surface area contributed by atoms with Crippen LogP contribution in [0.5, 0.6) is 0 Å². The number of nitrogens with one attached hydrogen (secondary N) is 1. The first-order valence-electron chi connectivity index (χ1n) is 7.59. The van der Waals surface area contributed by atoms with Gasteiger partial charge in [-0.25, -0.2) is 9.67 Å². The Bertz CT molecular complexity index is 1070. The van der Waals surface area contributed by atoms with Gasteiger partial charge in [-0.15, -0.1) is 0 Å². The van der Waals surface area contributed by atoms with Crippen molar-refractivity contribution >= 4 is 38.6 Å². The lowest BCUT2D eigenvalue weighted by molar-refractivity contribution is 0.0995. The van der Waals surface area contributed by atoms with Crippen LogP contribution in [0.15, 0.2) is 63.8 Å². The molecule has 25 heavy (non-hydrogen) atoms. The van der Waals surface area contributed by atoms with Crippen molar-refractivity contribution in [1.29, 1.82) is 0 Å². The molecule has 4 rings (SSSR count). The maximum atomic E-state index is 12.2. The first-order valence-corrected chi connectivity index (χ1v) is 8.38. The molecular formula is C18H13BrN4O2. The summed E-state index contributed by atoms with van der Waals surface area (Å²) in [5.41, 5.74) is 3.09. The number of pyridine rings is 1. The van der Waals surface area contributed by atoms with E-state index in [1.807, 2.05) is 43.3 Å². The number of hydrogen-bond donors (Lipinski definition) is 1. The van der Waals surface area contributed by atoms with Crippen molar-refractivity contribution in [2.45, 2.75) is 6.92 Å². The monoisotopic (exact) mass is 396 g/mol. The number of aromatic nitrogens is 3. The second kappa shape index (κ2) is 6.18. The fourth-order valence-electron chi connectivity index (χ4n) is 2.59. The van der Waals surface area contributed by atoms with Gasteiger partial charge in [0.1, 0.15) is 0 Å². The fourth-order valence-corrected chi connectivity index (χ4v) is 2.90. The molecule has 0 spiro atoms. The third kappa shape index (κ3) is 2.94. The highest BCUT2D eigenvalue weighted by molar-refractivity contribution is 9.10. The van der Waals surface area contributed by atoms with Crippen LogP contribution in [0.4, 0.5) is 5.69 Å². The SMILES string of the molecule is Cc1nn(-c2ccccc2)c2ncc(NC(=O)c3ccc(Br)o3)cc12. The Labute approximate surface area is 151 Å². The predicted molar refractivity (Wildman–Crippen MR) is 98.0 cm³/mol. The molecule has 0 radical (unpaired) electrons. The maximum Gasteiger partial charge on any atom is 0.291 e. The summed E-state index contributed by atoms with van der Waals surface area (Å²) in [6.45, 7) is 1.92. The van der Waals surface area contributed by atoms with E-state index >= 15 is 0 Å². The average Bonchev–Trinajstić information content (AvgIpc) is 3.20. The van der Waals surface area contributed by atoms with Gasteiger partial charge in [0.05, 0.1) is 23.3 Å². The van der Waals surface area contributed by atoms with Crippen LogP contribution in [-0.4, -0.2) is 20.7 Å². The van der Waals surface area contributed by atoms with Crippen molar-refractivity contribution in [2.24, 2.45) is 0 Å². The largest absolute Gasteiger partial charge is 0.444 e. The number of para-hydroxylation sites is 1. The van der Waals surface area contributed by atoms with Gasteiger partial charge in [0, 0.05) is 5.39 Å². The third-order valence-corrected chi connectivity index (χ3v) is 4.19. The minimum atomic E-state index is -0.333. The van der Waals surface area contributed by atoms with Gasteiger partial charge in [-0.2, -0.15) is 5.10 Å². The summed E-state index contributed by atoms with van der Waals surface area (Å²) in [5, 5.41) is 8.22. The Morgan fingerprint density at radius 2 is 2.00 bits per heavy atom. The minimum Gasteiger partial charge on any atom is -0.444 e. The quantitative estimate of drug-likeness (QED) is 0.558. The maximum absolute atomic E-state index is 12.2. The molecule has 1 amide bonds. The number of rotatable bonds is 3. The van der Waals surface area contributed by atoms with Crippen LogP contribution < -0.4 is 5.32 Å². The summed E-state index contributed by atoms with van der Waals surface area (Å²) in [7, 11) is 0. The number of anilines is 1. The summed E-state index contributed by atoms with van der Waals surface area (Å²) >= 11 is 3.18. The number of halogens is 1. The van der Waals surface area contributed by atoms with Gasteiger partial charge in [0.2, 0.25) is 0 Å². The van der Waals surface area contributed by atoms with E-state index in [1.54, 1.807) is 23.0 Å². The van der Waals surface area contributed by atoms with E-state index in [0.29, 0.717) is 10.4 Å². The van der Waals surface area contributed by atoms with E-state index in [9.17, 15) is 4.79 Å². The van der Waals surface area contributed by atoms with Crippen LogP contribution in [0.3, 0.4) is 0 Å². The highest BCUT2D eigenvalue weighted by Gasteiger charge is 2.14. The Morgan fingerprint density at radius 3 is 2.72 bits per heavy atom. The Morgan fingerprint density at radius 1 is 1.20 bits per heavy atom. The van der Waals surface area contributed by atoms with Crippen LogP contribution in [0.25, 0.3) is 16.7 Å². The van der Waals surface area contributed by atoms with E-state index < -0.39 is 0 Å². The fraction of sp³-hybridized carbons (Fsp3) is 0.0556. The molecule has 0 atom stereocenters. The lowest BCUT2D eigenvalue weighted by Crippen LogP contribution is -2.11. The molecule has 3 aromatic heterocycles. The first-order chi connectivity index (χ1) is 12.1. The molecule has 0 saturated carbocycles. The van der Waals surface area contributed by atoms with Gasteiger partial charge in [0.25, 0.3) is 5.91 Å². The van der Waals surface area contributed by atoms with Crippen molar-refractivity contribution in [1.82, 2.24) is 14.8 Å². The molecule has 0 unspecified atom stereocenters. The molecule has 1 N–H and O–H groups in total. The molecule has 124 valence electrons. The van der Waals surface area contributed by atoms with Gasteiger partial charge in [-0.1, -0.05) is 18.2 Å². The average molecular weight is 397 g/mol. The standard InChI is InChI=1S/C18H13BrN4O2/c1-11-14-9-12(21-18(24)15-7-8-16(19)25-15)10-20-17(14)23(22-11)13-5-3-2-4-6-13/h2-10H,1H3,(H,21,24). The second-order valence-corrected chi connectivity index (χ2v) is 6.27. The zero-order chi connectivity index (χ0) is 17.4. The van der Waals surface area contributed by atoms with Crippen LogP contribution in [0.1, 0.15) is 16.2 Å². The van der Waals surface area contributed by atoms with Gasteiger partial charge >= 0.3 is 0 Å². The predicted octanol–water partition coefficient (Wildman–Crippen LogP) is 4.34. The molecule has 1 aromatic carbocycles. The zero-order valence-corrected chi connectivity index (χ0v) is 14.8. The van der Waals surface area contributed by atoms with Crippen LogP contribution in [0, 0.1) is 6.92 Å². The summed E-state index contributed by atoms with van der Waals surface area (Å²) in [6, 6.07) is 14.9. The van der Waals surface area contributed by atoms with E-state index in [1.165, 1.54) is 0 Å². The first kappa shape index (κ1) is 15.6. The van der Waals surface area contributed by atoms with Gasteiger partial charge in [-0.3, -0.25) is 4.79 Å². The minimum absolute atomic E-state index is 0.226. The van der Waals surface area contributed by atoms with Crippen LogP contribution >= 0.6 is 15.9 Å². The molecule has 7 heteroatoms. The van der Waals surface area contributed by atoms with Crippen molar-refractivity contribution in [3.63, 3.8) is 0 Å². The summed E-state index contributed by atoms with van der Waals surface area (Å²) < 4.78 is 7.56. The normalized spacial score (nSPS) is 11.0. The highest BCUT2D eigenvalue weighted by Crippen LogP contribution is 2.23. The molecular weight excluding hydrogens is 384 g/mol. The third-order valence-electron chi connectivity index (χ3n) is 3.76. The van der Waals surface area contributed by atoms with Crippen LogP contribution in [-0.2, 0) is 0 Å². The van der Waals surface area contributed by atoms with Gasteiger partial charge < -0.3 is 9.73 Å². The number of aryl methyl sites for hydroxylation is 1. The van der Waals surface area contributed by atoms with E-state index in [4.69, 9.17) is 4.42 Å². The summed E-state index contributed by atoms with van der Waals surface area (Å²) in [6.07, 6.45) is 1.61. The van der Waals surface area contributed by atoms with E-state index in [0.717, 1.165) is 22.4 Å². The van der Waals surface area contributed by atoms with Gasteiger partial charge in [-0.05, 0) is 53.2 Å². The van der Waals surface area contributed by atoms with Crippen molar-refractivity contribution in [3.8, 4) is 5.69 Å². The molecule has 0 fully saturated rings. The topological polar surface area (TPSA) is 73.0 Å². The molecule has 3 heterocycles. The second-order valence-electron chi connectivity index (χ2n) is 5.49. The summed E-state index contributed by atoms with van der Waals surface area (Å²) in [4.78, 5) is 16.7. The Balaban J connectivity index is 1.69. The lowest BCUT2D eigenvalue weighted by atomic mass is 10.2. The number of fused-ring (bicyclic) bond motifs is 1. The van der Waals surface area contributed by atoms with E-state index in [-0.39, 0.29) is 11.7 Å². The molecule has 0 bridgehead atoms. The molecule has 0 aliphatic rings. The summed E-state index contributed by atoms with van der Waals surface area (Å²) in [5.74, 6) is -0.108. The number of carbonyl (C=O) groups is 1. The van der Waals surface area contributed by atoms with Crippen molar-refractivity contribution < 1.29 is 9.21 Å². The van der Waals surface area contributed by atoms with Crippen molar-refractivity contribution in [2.75, 3.05) is 5.32 Å². The number of nitrogens with zero attached hydrogens (tertiary/aromatic N) is 3. The van der Waals surface area contributed by atoms with E-state index in [2.05, 4.69) is 31.3 Å².